The summed E-state index contributed by atoms with van der Waals surface area (Å²) in [7, 11) is 0. The van der Waals surface area contributed by atoms with E-state index >= 15 is 0 Å². The minimum absolute atomic E-state index is 0.267. The minimum Gasteiger partial charge on any atom is -0.300 e. The maximum atomic E-state index is 11.3. The van der Waals surface area contributed by atoms with Gasteiger partial charge < -0.3 is 0 Å². The Balaban J connectivity index is 3.84. The number of Topliss-reactive ketones (excluding diaryl/α,β-unsaturated/α-hetero) is 1. The zero-order valence-corrected chi connectivity index (χ0v) is 9.11. The molecule has 0 saturated heterocycles. The molecule has 0 radical (unpaired) electrons. The average molecular weight is 170 g/mol. The van der Waals surface area contributed by atoms with E-state index in [0.717, 1.165) is 19.3 Å². The summed E-state index contributed by atoms with van der Waals surface area (Å²) in [4.78, 5) is 11.3. The second-order valence-electron chi connectivity index (χ2n) is 4.76. The van der Waals surface area contributed by atoms with Crippen LogP contribution in [0.15, 0.2) is 0 Å². The summed E-state index contributed by atoms with van der Waals surface area (Å²) in [5.41, 5.74) is 0.267. The molecular weight excluding hydrogens is 148 g/mol. The smallest absolute Gasteiger partial charge is 0.133 e. The van der Waals surface area contributed by atoms with Crippen LogP contribution in [-0.4, -0.2) is 5.78 Å². The van der Waals surface area contributed by atoms with Crippen molar-refractivity contribution >= 4 is 5.78 Å². The van der Waals surface area contributed by atoms with Gasteiger partial charge in [-0.15, -0.1) is 0 Å². The quantitative estimate of drug-likeness (QED) is 0.631. The largest absolute Gasteiger partial charge is 0.300 e. The van der Waals surface area contributed by atoms with Crippen molar-refractivity contribution in [2.45, 2.75) is 53.9 Å². The predicted octanol–water partition coefficient (Wildman–Crippen LogP) is 3.43. The van der Waals surface area contributed by atoms with Crippen molar-refractivity contribution in [3.8, 4) is 0 Å². The third-order valence-electron chi connectivity index (χ3n) is 2.54. The molecule has 0 aliphatic heterocycles. The van der Waals surface area contributed by atoms with E-state index in [-0.39, 0.29) is 5.41 Å². The van der Waals surface area contributed by atoms with Gasteiger partial charge in [-0.1, -0.05) is 34.6 Å². The molecule has 12 heavy (non-hydrogen) atoms. The highest BCUT2D eigenvalue weighted by molar-refractivity contribution is 5.78. The first-order valence-electron chi connectivity index (χ1n) is 4.89. The lowest BCUT2D eigenvalue weighted by Crippen LogP contribution is -2.20. The second kappa shape index (κ2) is 4.64. The summed E-state index contributed by atoms with van der Waals surface area (Å²) in [5, 5.41) is 0. The van der Waals surface area contributed by atoms with E-state index < -0.39 is 0 Å². The van der Waals surface area contributed by atoms with Crippen molar-refractivity contribution < 1.29 is 4.79 Å². The highest BCUT2D eigenvalue weighted by atomic mass is 16.1. The number of carbonyl (C=O) groups excluding carboxylic acids is 1. The van der Waals surface area contributed by atoms with Crippen LogP contribution in [0.3, 0.4) is 0 Å². The Morgan fingerprint density at radius 3 is 2.17 bits per heavy atom. The molecule has 0 bridgehead atoms. The van der Waals surface area contributed by atoms with Crippen LogP contribution >= 0.6 is 0 Å². The van der Waals surface area contributed by atoms with Gasteiger partial charge in [0.1, 0.15) is 5.78 Å². The van der Waals surface area contributed by atoms with E-state index in [2.05, 4.69) is 34.6 Å². The lowest BCUT2D eigenvalue weighted by molar-refractivity contribution is -0.120. The fraction of sp³-hybridized carbons (Fsp3) is 0.909. The molecule has 0 rings (SSSR count). The summed E-state index contributed by atoms with van der Waals surface area (Å²) < 4.78 is 0. The van der Waals surface area contributed by atoms with E-state index in [9.17, 15) is 4.79 Å². The van der Waals surface area contributed by atoms with Gasteiger partial charge in [-0.3, -0.25) is 4.79 Å². The Morgan fingerprint density at radius 1 is 1.33 bits per heavy atom. The molecule has 0 aromatic carbocycles. The molecule has 1 unspecified atom stereocenters. The van der Waals surface area contributed by atoms with Crippen molar-refractivity contribution in [1.82, 2.24) is 0 Å². The zero-order chi connectivity index (χ0) is 9.78. The number of hydrogen-bond donors (Lipinski definition) is 0. The Labute approximate surface area is 76.6 Å². The van der Waals surface area contributed by atoms with Crippen LogP contribution in [0.4, 0.5) is 0 Å². The molecule has 0 amide bonds. The van der Waals surface area contributed by atoms with Gasteiger partial charge in [-0.05, 0) is 17.8 Å². The molecule has 0 spiro atoms. The number of ketones is 1. The van der Waals surface area contributed by atoms with Gasteiger partial charge in [0.2, 0.25) is 0 Å². The van der Waals surface area contributed by atoms with Crippen LogP contribution in [-0.2, 0) is 4.79 Å². The molecule has 0 N–H and O–H groups in total. The first-order chi connectivity index (χ1) is 5.38. The summed E-state index contributed by atoms with van der Waals surface area (Å²) in [6.45, 7) is 10.8. The van der Waals surface area contributed by atoms with Gasteiger partial charge >= 0.3 is 0 Å². The van der Waals surface area contributed by atoms with Crippen LogP contribution in [0.1, 0.15) is 53.9 Å². The molecule has 0 saturated carbocycles. The Morgan fingerprint density at radius 2 is 1.83 bits per heavy atom. The monoisotopic (exact) mass is 170 g/mol. The van der Waals surface area contributed by atoms with Crippen molar-refractivity contribution in [1.29, 1.82) is 0 Å². The molecule has 0 aliphatic rings. The van der Waals surface area contributed by atoms with Gasteiger partial charge in [-0.2, -0.15) is 0 Å². The normalized spacial score (nSPS) is 14.4. The van der Waals surface area contributed by atoms with E-state index in [0.29, 0.717) is 11.7 Å². The van der Waals surface area contributed by atoms with Gasteiger partial charge in [0.15, 0.2) is 0 Å². The summed E-state index contributed by atoms with van der Waals surface area (Å²) in [6, 6.07) is 0. The molecule has 1 nitrogen and oxygen atoms in total. The standard InChI is InChI=1S/C11H22O/c1-6-7-10(12)8-9(2)11(3,4)5/h9H,6-8H2,1-5H3. The lowest BCUT2D eigenvalue weighted by Gasteiger charge is -2.26. The molecule has 0 fully saturated rings. The van der Waals surface area contributed by atoms with Gasteiger partial charge in [0.05, 0.1) is 0 Å². The third-order valence-corrected chi connectivity index (χ3v) is 2.54. The third kappa shape index (κ3) is 4.53. The van der Waals surface area contributed by atoms with Crippen molar-refractivity contribution in [3.05, 3.63) is 0 Å². The van der Waals surface area contributed by atoms with E-state index in [1.165, 1.54) is 0 Å². The molecular formula is C11H22O. The molecule has 72 valence electrons. The minimum atomic E-state index is 0.267. The summed E-state index contributed by atoms with van der Waals surface area (Å²) in [5.74, 6) is 0.913. The Hall–Kier alpha value is -0.330. The van der Waals surface area contributed by atoms with Crippen LogP contribution < -0.4 is 0 Å². The van der Waals surface area contributed by atoms with E-state index in [1.807, 2.05) is 0 Å². The average Bonchev–Trinajstić information content (AvgIpc) is 1.85. The fourth-order valence-electron chi connectivity index (χ4n) is 1.03. The Kier molecular flexibility index (Phi) is 4.51. The van der Waals surface area contributed by atoms with Gasteiger partial charge in [0, 0.05) is 12.8 Å². The highest BCUT2D eigenvalue weighted by Gasteiger charge is 2.21. The topological polar surface area (TPSA) is 17.1 Å². The van der Waals surface area contributed by atoms with E-state index in [1.54, 1.807) is 0 Å². The predicted molar refractivity (Wildman–Crippen MR) is 53.2 cm³/mol. The first-order valence-corrected chi connectivity index (χ1v) is 4.89. The van der Waals surface area contributed by atoms with E-state index in [4.69, 9.17) is 0 Å². The molecule has 1 heteroatoms. The summed E-state index contributed by atoms with van der Waals surface area (Å²) in [6.07, 6.45) is 2.48. The number of rotatable bonds is 4. The zero-order valence-electron chi connectivity index (χ0n) is 9.11. The fourth-order valence-corrected chi connectivity index (χ4v) is 1.03. The summed E-state index contributed by atoms with van der Waals surface area (Å²) >= 11 is 0. The van der Waals surface area contributed by atoms with Crippen LogP contribution in [0.2, 0.25) is 0 Å². The van der Waals surface area contributed by atoms with Crippen molar-refractivity contribution in [3.63, 3.8) is 0 Å². The molecule has 0 aromatic heterocycles. The van der Waals surface area contributed by atoms with Crippen molar-refractivity contribution in [2.75, 3.05) is 0 Å². The highest BCUT2D eigenvalue weighted by Crippen LogP contribution is 2.28. The van der Waals surface area contributed by atoms with Crippen LogP contribution in [0.25, 0.3) is 0 Å². The lowest BCUT2D eigenvalue weighted by atomic mass is 9.79. The molecule has 0 heterocycles. The van der Waals surface area contributed by atoms with Crippen LogP contribution in [0, 0.1) is 11.3 Å². The maximum absolute atomic E-state index is 11.3. The number of carbonyl (C=O) groups is 1. The maximum Gasteiger partial charge on any atom is 0.133 e. The van der Waals surface area contributed by atoms with Gasteiger partial charge in [-0.25, -0.2) is 0 Å². The second-order valence-corrected chi connectivity index (χ2v) is 4.76. The molecule has 0 aliphatic carbocycles. The van der Waals surface area contributed by atoms with Crippen molar-refractivity contribution in [2.24, 2.45) is 11.3 Å². The molecule has 1 atom stereocenters. The first kappa shape index (κ1) is 11.7. The Bertz CT molecular complexity index is 142. The van der Waals surface area contributed by atoms with Crippen LogP contribution in [0.5, 0.6) is 0 Å². The number of hydrogen-bond acceptors (Lipinski definition) is 1. The van der Waals surface area contributed by atoms with Gasteiger partial charge in [0.25, 0.3) is 0 Å². The SMILES string of the molecule is CCCC(=O)CC(C)C(C)(C)C. The molecule has 0 aromatic rings.